The molecule has 1 amide bonds. The van der Waals surface area contributed by atoms with Crippen molar-refractivity contribution in [1.82, 2.24) is 19.5 Å². The van der Waals surface area contributed by atoms with Gasteiger partial charge in [-0.25, -0.2) is 8.42 Å². The number of amides is 1. The summed E-state index contributed by atoms with van der Waals surface area (Å²) in [5.41, 5.74) is 1.82. The molecule has 0 saturated carbocycles. The van der Waals surface area contributed by atoms with E-state index in [0.29, 0.717) is 40.8 Å². The molecule has 37 heavy (non-hydrogen) atoms. The van der Waals surface area contributed by atoms with Crippen molar-refractivity contribution in [3.8, 4) is 11.4 Å². The number of carbonyl (C=O) groups excluding carboxylic acids is 1. The summed E-state index contributed by atoms with van der Waals surface area (Å²) in [7, 11) is -3.88. The van der Waals surface area contributed by atoms with E-state index in [4.69, 9.17) is 0 Å². The van der Waals surface area contributed by atoms with E-state index >= 15 is 0 Å². The molecule has 3 aromatic rings. The van der Waals surface area contributed by atoms with Gasteiger partial charge in [0.15, 0.2) is 5.82 Å². The van der Waals surface area contributed by atoms with E-state index in [-0.39, 0.29) is 30.1 Å². The van der Waals surface area contributed by atoms with Crippen LogP contribution in [0, 0.1) is 0 Å². The Morgan fingerprint density at radius 3 is 2.35 bits per heavy atom. The minimum absolute atomic E-state index is 0.00675. The number of fused-ring (bicyclic) bond motifs is 1. The van der Waals surface area contributed by atoms with Crippen molar-refractivity contribution in [3.05, 3.63) is 60.3 Å². The van der Waals surface area contributed by atoms with Crippen LogP contribution in [0.4, 0.5) is 24.7 Å². The van der Waals surface area contributed by atoms with Crippen molar-refractivity contribution in [2.75, 3.05) is 36.0 Å². The van der Waals surface area contributed by atoms with E-state index < -0.39 is 28.1 Å². The molecule has 4 heterocycles. The molecule has 9 nitrogen and oxygen atoms in total. The van der Waals surface area contributed by atoms with Crippen LogP contribution in [-0.4, -0.2) is 72.2 Å². The Labute approximate surface area is 211 Å². The number of halogens is 3. The third-order valence-electron chi connectivity index (χ3n) is 6.51. The Balaban J connectivity index is 1.28. The van der Waals surface area contributed by atoms with Crippen LogP contribution in [0.3, 0.4) is 0 Å². The predicted octanol–water partition coefficient (Wildman–Crippen LogP) is 2.89. The fraction of sp³-hybridized carbons (Fsp3) is 0.333. The Hall–Kier alpha value is -3.58. The highest BCUT2D eigenvalue weighted by atomic mass is 32.2. The number of piperazine rings is 1. The molecule has 13 heteroatoms. The summed E-state index contributed by atoms with van der Waals surface area (Å²) in [6.07, 6.45) is -3.20. The molecule has 2 aliphatic heterocycles. The maximum Gasteiger partial charge on any atom is 0.471 e. The molecule has 194 valence electrons. The monoisotopic (exact) mass is 532 g/mol. The van der Waals surface area contributed by atoms with Crippen molar-refractivity contribution in [3.63, 3.8) is 0 Å². The summed E-state index contributed by atoms with van der Waals surface area (Å²) < 4.78 is 67.0. The van der Waals surface area contributed by atoms with E-state index in [1.807, 2.05) is 35.2 Å². The molecule has 0 aliphatic carbocycles. The lowest BCUT2D eigenvalue weighted by atomic mass is 10.1. The van der Waals surface area contributed by atoms with Crippen molar-refractivity contribution in [1.29, 1.82) is 0 Å². The average Bonchev–Trinajstić information content (AvgIpc) is 3.23. The quantitative estimate of drug-likeness (QED) is 0.510. The highest BCUT2D eigenvalue weighted by molar-refractivity contribution is 7.89. The minimum Gasteiger partial charge on any atom is -0.352 e. The molecule has 5 rings (SSSR count). The van der Waals surface area contributed by atoms with E-state index in [9.17, 15) is 26.4 Å². The zero-order valence-electron chi connectivity index (χ0n) is 19.8. The second kappa shape index (κ2) is 9.38. The number of rotatable bonds is 4. The number of nitrogens with zero attached hydrogens (tertiary/aromatic N) is 6. The van der Waals surface area contributed by atoms with Crippen molar-refractivity contribution >= 4 is 27.4 Å². The van der Waals surface area contributed by atoms with Gasteiger partial charge in [0.1, 0.15) is 5.69 Å². The third-order valence-corrected chi connectivity index (χ3v) is 8.40. The van der Waals surface area contributed by atoms with E-state index in [1.165, 1.54) is 29.4 Å². The Bertz CT molecular complexity index is 1410. The van der Waals surface area contributed by atoms with Crippen molar-refractivity contribution in [2.24, 2.45) is 0 Å². The number of carbonyl (C=O) groups is 1. The molecule has 1 unspecified atom stereocenters. The summed E-state index contributed by atoms with van der Waals surface area (Å²) in [6.45, 7) is 2.71. The summed E-state index contributed by atoms with van der Waals surface area (Å²) in [5.74, 6) is -1.33. The summed E-state index contributed by atoms with van der Waals surface area (Å²) in [5, 5.41) is 8.49. The molecule has 0 spiro atoms. The zero-order valence-corrected chi connectivity index (χ0v) is 20.6. The fourth-order valence-electron chi connectivity index (χ4n) is 4.67. The lowest BCUT2D eigenvalue weighted by molar-refractivity contribution is -0.170. The van der Waals surface area contributed by atoms with Crippen molar-refractivity contribution in [2.45, 2.75) is 30.5 Å². The molecule has 1 fully saturated rings. The maximum atomic E-state index is 13.3. The van der Waals surface area contributed by atoms with Crippen LogP contribution in [0.1, 0.15) is 12.5 Å². The first-order valence-corrected chi connectivity index (χ1v) is 13.0. The van der Waals surface area contributed by atoms with Gasteiger partial charge in [-0.15, -0.1) is 10.2 Å². The van der Waals surface area contributed by atoms with Gasteiger partial charge in [-0.05, 0) is 61.4 Å². The van der Waals surface area contributed by atoms with Crippen LogP contribution in [0.25, 0.3) is 11.4 Å². The minimum atomic E-state index is -5.01. The van der Waals surface area contributed by atoms with Crippen LogP contribution in [0.2, 0.25) is 0 Å². The lowest BCUT2D eigenvalue weighted by Crippen LogP contribution is -2.49. The fourth-order valence-corrected chi connectivity index (χ4v) is 6.14. The summed E-state index contributed by atoms with van der Waals surface area (Å²) in [4.78, 5) is 18.7. The first kappa shape index (κ1) is 25.1. The highest BCUT2D eigenvalue weighted by Crippen LogP contribution is 2.37. The number of anilines is 2. The molecule has 2 aliphatic rings. The topological polar surface area (TPSA) is 99.6 Å². The van der Waals surface area contributed by atoms with Gasteiger partial charge in [0.2, 0.25) is 10.0 Å². The SMILES string of the molecule is CC1Cc2cc(S(=O)(=O)N3CCN(c4ccc(-c5ccccn5)nn4)CC3)ccc2N1C(=O)C(F)(F)F. The normalized spacial score (nSPS) is 18.6. The Morgan fingerprint density at radius 2 is 1.73 bits per heavy atom. The van der Waals surface area contributed by atoms with Gasteiger partial charge < -0.3 is 9.80 Å². The molecule has 1 atom stereocenters. The van der Waals surface area contributed by atoms with Crippen LogP contribution in [-0.2, 0) is 21.2 Å². The van der Waals surface area contributed by atoms with E-state index in [1.54, 1.807) is 6.20 Å². The smallest absolute Gasteiger partial charge is 0.352 e. The Kier molecular flexibility index (Phi) is 6.36. The number of benzene rings is 1. The Morgan fingerprint density at radius 1 is 0.973 bits per heavy atom. The van der Waals surface area contributed by atoms with Crippen LogP contribution in [0.5, 0.6) is 0 Å². The maximum absolute atomic E-state index is 13.3. The predicted molar refractivity (Wildman–Crippen MR) is 129 cm³/mol. The van der Waals surface area contributed by atoms with Crippen LogP contribution >= 0.6 is 0 Å². The van der Waals surface area contributed by atoms with Gasteiger partial charge in [0.05, 0.1) is 10.6 Å². The number of pyridine rings is 1. The third kappa shape index (κ3) is 4.76. The van der Waals surface area contributed by atoms with E-state index in [2.05, 4.69) is 15.2 Å². The molecule has 2 aromatic heterocycles. The lowest BCUT2D eigenvalue weighted by Gasteiger charge is -2.34. The van der Waals surface area contributed by atoms with Crippen molar-refractivity contribution < 1.29 is 26.4 Å². The summed E-state index contributed by atoms with van der Waals surface area (Å²) in [6, 6.07) is 12.3. The molecule has 1 aromatic carbocycles. The number of hydrogen-bond donors (Lipinski definition) is 0. The first-order valence-electron chi connectivity index (χ1n) is 11.6. The molecule has 0 N–H and O–H groups in total. The molecule has 1 saturated heterocycles. The number of sulfonamides is 1. The molecular formula is C24H23F3N6O3S. The van der Waals surface area contributed by atoms with Gasteiger partial charge in [0.25, 0.3) is 0 Å². The largest absolute Gasteiger partial charge is 0.471 e. The molecular weight excluding hydrogens is 509 g/mol. The van der Waals surface area contributed by atoms with Gasteiger partial charge in [-0.3, -0.25) is 9.78 Å². The van der Waals surface area contributed by atoms with Gasteiger partial charge in [0, 0.05) is 44.1 Å². The molecule has 0 bridgehead atoms. The van der Waals surface area contributed by atoms with E-state index in [0.717, 1.165) is 0 Å². The zero-order chi connectivity index (χ0) is 26.4. The number of alkyl halides is 3. The van der Waals surface area contributed by atoms with Crippen LogP contribution in [0.15, 0.2) is 59.6 Å². The summed E-state index contributed by atoms with van der Waals surface area (Å²) >= 11 is 0. The second-order valence-electron chi connectivity index (χ2n) is 8.90. The van der Waals surface area contributed by atoms with Gasteiger partial charge >= 0.3 is 12.1 Å². The second-order valence-corrected chi connectivity index (χ2v) is 10.8. The standard InChI is InChI=1S/C24H23F3N6O3S/c1-16-14-17-15-18(5-7-21(17)33(16)23(34)24(25,26)27)37(35,36)32-12-10-31(11-13-32)22-8-6-20(29-30-22)19-4-2-3-9-28-19/h2-9,15-16H,10-14H2,1H3. The first-order chi connectivity index (χ1) is 17.6. The number of hydrogen-bond acceptors (Lipinski definition) is 7. The average molecular weight is 533 g/mol. The number of aromatic nitrogens is 3. The van der Waals surface area contributed by atoms with Gasteiger partial charge in [-0.2, -0.15) is 17.5 Å². The van der Waals surface area contributed by atoms with Gasteiger partial charge in [-0.1, -0.05) is 6.07 Å². The van der Waals surface area contributed by atoms with Crippen LogP contribution < -0.4 is 9.80 Å². The molecule has 0 radical (unpaired) electrons. The highest BCUT2D eigenvalue weighted by Gasteiger charge is 2.47.